The van der Waals surface area contributed by atoms with Crippen LogP contribution >= 0.6 is 22.9 Å². The number of hydrogen-bond donors (Lipinski definition) is 4. The van der Waals surface area contributed by atoms with E-state index in [0.717, 1.165) is 50.6 Å². The average molecular weight is 480 g/mol. The number of halogens is 3. The molecular formula is C18H24ClF2N5O2S2. The quantitative estimate of drug-likeness (QED) is 0.367. The molecule has 0 aliphatic heterocycles. The third-order valence-corrected chi connectivity index (χ3v) is 7.63. The molecule has 30 heavy (non-hydrogen) atoms. The number of hydrogen-bond acceptors (Lipinski definition) is 7. The molecule has 0 bridgehead atoms. The highest BCUT2D eigenvalue weighted by molar-refractivity contribution is 7.93. The van der Waals surface area contributed by atoms with E-state index in [-0.39, 0.29) is 15.7 Å². The summed E-state index contributed by atoms with van der Waals surface area (Å²) in [4.78, 5) is 2.93. The highest BCUT2D eigenvalue weighted by atomic mass is 35.5. The highest BCUT2D eigenvalue weighted by Crippen LogP contribution is 2.31. The van der Waals surface area contributed by atoms with Gasteiger partial charge in [0, 0.05) is 18.6 Å². The molecule has 0 atom stereocenters. The largest absolute Gasteiger partial charge is 0.384 e. The first-order valence-electron chi connectivity index (χ1n) is 9.57. The van der Waals surface area contributed by atoms with Crippen LogP contribution in [0.1, 0.15) is 32.1 Å². The number of unbranched alkanes of at least 4 members (excludes halogenated alkanes) is 1. The number of thiazole rings is 1. The summed E-state index contributed by atoms with van der Waals surface area (Å²) in [5.41, 5.74) is 6.21. The molecule has 2 aromatic rings. The lowest BCUT2D eigenvalue weighted by Gasteiger charge is -2.42. The van der Waals surface area contributed by atoms with Crippen LogP contribution in [-0.2, 0) is 10.0 Å². The van der Waals surface area contributed by atoms with Crippen molar-refractivity contribution in [2.45, 2.75) is 42.5 Å². The Kier molecular flexibility index (Phi) is 7.51. The predicted molar refractivity (Wildman–Crippen MR) is 116 cm³/mol. The monoisotopic (exact) mass is 479 g/mol. The van der Waals surface area contributed by atoms with Gasteiger partial charge in [0.25, 0.3) is 10.0 Å². The molecule has 0 radical (unpaired) electrons. The van der Waals surface area contributed by atoms with Gasteiger partial charge in [-0.2, -0.15) is 4.39 Å². The summed E-state index contributed by atoms with van der Waals surface area (Å²) < 4.78 is 54.2. The maximum absolute atomic E-state index is 14.4. The number of benzene rings is 1. The lowest BCUT2D eigenvalue weighted by Crippen LogP contribution is -2.56. The van der Waals surface area contributed by atoms with Crippen LogP contribution in [0, 0.1) is 10.9 Å². The Hall–Kier alpha value is -1.53. The molecule has 0 unspecified atom stereocenters. The zero-order valence-corrected chi connectivity index (χ0v) is 18.6. The van der Waals surface area contributed by atoms with Crippen LogP contribution in [0.2, 0.25) is 5.02 Å². The normalized spacial score (nSPS) is 15.6. The summed E-state index contributed by atoms with van der Waals surface area (Å²) in [5, 5.41) is 5.74. The van der Waals surface area contributed by atoms with Crippen molar-refractivity contribution in [3.63, 3.8) is 0 Å². The van der Waals surface area contributed by atoms with E-state index >= 15 is 0 Å². The Balaban J connectivity index is 1.52. The number of aromatic nitrogens is 1. The smallest absolute Gasteiger partial charge is 0.266 e. The van der Waals surface area contributed by atoms with E-state index in [1.54, 1.807) is 0 Å². The van der Waals surface area contributed by atoms with E-state index in [4.69, 9.17) is 17.3 Å². The maximum atomic E-state index is 14.4. The molecule has 0 spiro atoms. The molecule has 5 N–H and O–H groups in total. The van der Waals surface area contributed by atoms with Crippen LogP contribution in [0.15, 0.2) is 23.2 Å². The van der Waals surface area contributed by atoms with Crippen LogP contribution in [0.4, 0.5) is 19.6 Å². The van der Waals surface area contributed by atoms with E-state index in [0.29, 0.717) is 30.1 Å². The van der Waals surface area contributed by atoms with Crippen molar-refractivity contribution >= 4 is 43.8 Å². The standard InChI is InChI=1S/C18H24ClF2N5O2S2/c19-12-8-15(30(27,28)26-17-24-10-16(21)29-17)13(20)9-14(12)23-6-1-2-7-25-18(11-22)4-3-5-18/h8-10,23,25H,1-7,11,22H2,(H,24,26). The van der Waals surface area contributed by atoms with Crippen molar-refractivity contribution in [3.05, 3.63) is 34.3 Å². The Morgan fingerprint density at radius 1 is 1.23 bits per heavy atom. The third-order valence-electron chi connectivity index (χ3n) is 5.13. The van der Waals surface area contributed by atoms with E-state index in [2.05, 4.69) is 15.6 Å². The summed E-state index contributed by atoms with van der Waals surface area (Å²) in [6, 6.07) is 2.06. The molecule has 0 saturated heterocycles. The van der Waals surface area contributed by atoms with Crippen molar-refractivity contribution in [2.24, 2.45) is 5.73 Å². The topological polar surface area (TPSA) is 109 Å². The highest BCUT2D eigenvalue weighted by Gasteiger charge is 2.34. The second-order valence-corrected chi connectivity index (χ2v) is 10.3. The van der Waals surface area contributed by atoms with Crippen LogP contribution in [0.25, 0.3) is 0 Å². The number of anilines is 2. The minimum Gasteiger partial charge on any atom is -0.384 e. The van der Waals surface area contributed by atoms with E-state index in [9.17, 15) is 17.2 Å². The van der Waals surface area contributed by atoms with Gasteiger partial charge in [-0.05, 0) is 50.8 Å². The number of rotatable bonds is 11. The van der Waals surface area contributed by atoms with Gasteiger partial charge in [0.15, 0.2) is 10.3 Å². The molecule has 1 aliphatic carbocycles. The Morgan fingerprint density at radius 3 is 2.57 bits per heavy atom. The van der Waals surface area contributed by atoms with Gasteiger partial charge in [0.2, 0.25) is 0 Å². The van der Waals surface area contributed by atoms with Crippen LogP contribution in [-0.4, -0.2) is 38.6 Å². The van der Waals surface area contributed by atoms with Gasteiger partial charge in [0.05, 0.1) is 16.9 Å². The first-order chi connectivity index (χ1) is 14.2. The van der Waals surface area contributed by atoms with Crippen molar-refractivity contribution in [1.29, 1.82) is 0 Å². The van der Waals surface area contributed by atoms with Crippen molar-refractivity contribution in [1.82, 2.24) is 10.3 Å². The Morgan fingerprint density at radius 2 is 1.97 bits per heavy atom. The summed E-state index contributed by atoms with van der Waals surface area (Å²) in [7, 11) is -4.29. The third kappa shape index (κ3) is 5.58. The molecule has 166 valence electrons. The fourth-order valence-electron chi connectivity index (χ4n) is 3.22. The van der Waals surface area contributed by atoms with Crippen LogP contribution in [0.3, 0.4) is 0 Å². The van der Waals surface area contributed by atoms with Gasteiger partial charge in [-0.25, -0.2) is 17.8 Å². The van der Waals surface area contributed by atoms with Crippen molar-refractivity contribution < 1.29 is 17.2 Å². The van der Waals surface area contributed by atoms with Crippen molar-refractivity contribution in [3.8, 4) is 0 Å². The molecule has 1 aliphatic rings. The summed E-state index contributed by atoms with van der Waals surface area (Å²) in [6.45, 7) is 2.04. The lowest BCUT2D eigenvalue weighted by atomic mass is 9.77. The minimum atomic E-state index is -4.29. The van der Waals surface area contributed by atoms with E-state index in [1.807, 2.05) is 4.72 Å². The molecule has 1 aromatic carbocycles. The molecule has 3 rings (SSSR count). The second kappa shape index (κ2) is 9.73. The average Bonchev–Trinajstić information content (AvgIpc) is 3.06. The van der Waals surface area contributed by atoms with Crippen LogP contribution in [0.5, 0.6) is 0 Å². The molecule has 1 saturated carbocycles. The summed E-state index contributed by atoms with van der Waals surface area (Å²) in [5.74, 6) is -0.969. The lowest BCUT2D eigenvalue weighted by molar-refractivity contribution is 0.193. The van der Waals surface area contributed by atoms with Gasteiger partial charge < -0.3 is 16.4 Å². The zero-order chi connectivity index (χ0) is 21.8. The molecule has 0 amide bonds. The summed E-state index contributed by atoms with van der Waals surface area (Å²) >= 11 is 6.64. The van der Waals surface area contributed by atoms with Gasteiger partial charge >= 0.3 is 0 Å². The first-order valence-corrected chi connectivity index (χ1v) is 12.2. The molecule has 7 nitrogen and oxygen atoms in total. The van der Waals surface area contributed by atoms with Gasteiger partial charge in [-0.3, -0.25) is 4.72 Å². The molecule has 12 heteroatoms. The molecule has 1 heterocycles. The van der Waals surface area contributed by atoms with Crippen molar-refractivity contribution in [2.75, 3.05) is 29.7 Å². The number of nitrogens with two attached hydrogens (primary N) is 1. The van der Waals surface area contributed by atoms with Crippen LogP contribution < -0.4 is 21.1 Å². The van der Waals surface area contributed by atoms with E-state index in [1.165, 1.54) is 6.42 Å². The Labute approximate surface area is 183 Å². The fourth-order valence-corrected chi connectivity index (χ4v) is 5.39. The second-order valence-electron chi connectivity index (χ2n) is 7.24. The molecule has 1 aromatic heterocycles. The van der Waals surface area contributed by atoms with Gasteiger partial charge in [0.1, 0.15) is 10.7 Å². The fraction of sp³-hybridized carbons (Fsp3) is 0.500. The van der Waals surface area contributed by atoms with E-state index < -0.39 is 25.9 Å². The SMILES string of the molecule is NCC1(NCCCCNc2cc(F)c(S(=O)(=O)Nc3ncc(F)s3)cc2Cl)CCC1. The number of nitrogens with one attached hydrogen (secondary N) is 3. The Bertz CT molecular complexity index is 977. The minimum absolute atomic E-state index is 0.0665. The maximum Gasteiger partial charge on any atom is 0.266 e. The predicted octanol–water partition coefficient (Wildman–Crippen LogP) is 3.54. The zero-order valence-electron chi connectivity index (χ0n) is 16.2. The first kappa shape index (κ1) is 23.1. The molecular weight excluding hydrogens is 456 g/mol. The van der Waals surface area contributed by atoms with Gasteiger partial charge in [-0.1, -0.05) is 22.9 Å². The van der Waals surface area contributed by atoms with Gasteiger partial charge in [-0.15, -0.1) is 0 Å². The number of sulfonamides is 1. The molecule has 1 fully saturated rings. The summed E-state index contributed by atoms with van der Waals surface area (Å²) in [6.07, 6.45) is 6.03. The number of nitrogens with zero attached hydrogens (tertiary/aromatic N) is 1.